The average molecular weight is 1060 g/mol. The van der Waals surface area contributed by atoms with Crippen molar-refractivity contribution in [3.8, 4) is 0 Å². The molecule has 0 fully saturated rings. The molecule has 0 saturated heterocycles. The number of amides is 1. The predicted octanol–water partition coefficient (Wildman–Crippen LogP) is 17.9. The Morgan fingerprint density at radius 1 is 0.480 bits per heavy atom. The van der Waals surface area contributed by atoms with E-state index < -0.39 is 25.9 Å². The Kier molecular flexibility index (Phi) is 50.4. The summed E-state index contributed by atoms with van der Waals surface area (Å²) < 4.78 is 30.5. The Balaban J connectivity index is 5.47. The number of rotatable bonds is 50. The van der Waals surface area contributed by atoms with Gasteiger partial charge < -0.3 is 19.4 Å². The van der Waals surface area contributed by atoms with Crippen molar-refractivity contribution in [3.63, 3.8) is 0 Å². The zero-order chi connectivity index (χ0) is 55.0. The van der Waals surface area contributed by atoms with E-state index in [1.54, 1.807) is 0 Å². The number of likely N-dealkylation sites (N-methyl/N-ethyl adjacent to an activating group) is 1. The van der Waals surface area contributed by atoms with Crippen molar-refractivity contribution >= 4 is 19.7 Å². The van der Waals surface area contributed by atoms with Gasteiger partial charge in [0.05, 0.1) is 33.8 Å². The maximum Gasteiger partial charge on any atom is 0.472 e. The number of carbonyl (C=O) groups excluding carboxylic acids is 2. The highest BCUT2D eigenvalue weighted by Crippen LogP contribution is 2.43. The van der Waals surface area contributed by atoms with Gasteiger partial charge in [0.25, 0.3) is 0 Å². The number of allylic oxidation sites excluding steroid dienone is 23. The minimum atomic E-state index is -4.48. The molecule has 75 heavy (non-hydrogen) atoms. The van der Waals surface area contributed by atoms with Crippen LogP contribution in [0, 0.1) is 0 Å². The van der Waals surface area contributed by atoms with E-state index in [0.29, 0.717) is 23.9 Å². The molecule has 3 unspecified atom stereocenters. The maximum absolute atomic E-state index is 13.5. The largest absolute Gasteiger partial charge is 0.472 e. The number of hydrogen-bond donors (Lipinski definition) is 2. The van der Waals surface area contributed by atoms with Gasteiger partial charge in [0.1, 0.15) is 19.3 Å². The third kappa shape index (κ3) is 54.5. The van der Waals surface area contributed by atoms with Crippen LogP contribution in [-0.4, -0.2) is 74.3 Å². The number of phosphoric ester groups is 1. The number of hydrogen-bond acceptors (Lipinski definition) is 6. The van der Waals surface area contributed by atoms with E-state index in [9.17, 15) is 19.0 Å². The van der Waals surface area contributed by atoms with Crippen molar-refractivity contribution in [2.24, 2.45) is 0 Å². The molecule has 2 N–H and O–H groups in total. The second kappa shape index (κ2) is 53.3. The summed E-state index contributed by atoms with van der Waals surface area (Å²) in [5, 5.41) is 3.00. The van der Waals surface area contributed by atoms with Crippen LogP contribution in [0.2, 0.25) is 0 Å². The highest BCUT2D eigenvalue weighted by molar-refractivity contribution is 7.47. The van der Waals surface area contributed by atoms with Gasteiger partial charge in [0, 0.05) is 12.8 Å². The zero-order valence-corrected chi connectivity index (χ0v) is 49.1. The standard InChI is InChI=1S/C65H107N2O7P/c1-7-10-13-16-19-22-25-27-29-31-32-33-34-36-37-39-42-45-48-51-54-57-64(68)66-62(61-73-75(70,71)72-60-59-67(4,5)6)63(56-53-50-47-44-41-24-21-18-15-12-9-3)74-65(69)58-55-52-49-46-43-40-38-35-30-28-26-23-20-17-14-11-8-2/h10-11,13-14,19-20,22-23,27-30,32-33,36-38,40,42,45-46,49,53,56,62-63H,7-9,12,15-18,21,24-26,31,34-35,39,41,43-44,47-48,50-52,54-55,57-61H2,1-6H3,(H-,66,68,70,71)/p+1/b13-10-,14-11-,22-19-,23-20-,29-27-,30-28-,33-32-,37-36-,40-38-,45-42-,49-46-,56-53-. The molecule has 0 aliphatic carbocycles. The van der Waals surface area contributed by atoms with Gasteiger partial charge in [0.15, 0.2) is 0 Å². The Morgan fingerprint density at radius 2 is 0.867 bits per heavy atom. The highest BCUT2D eigenvalue weighted by atomic mass is 31.2. The summed E-state index contributed by atoms with van der Waals surface area (Å²) in [7, 11) is 1.41. The van der Waals surface area contributed by atoms with Gasteiger partial charge in [-0.05, 0) is 122 Å². The van der Waals surface area contributed by atoms with E-state index in [1.807, 2.05) is 33.3 Å². The van der Waals surface area contributed by atoms with Crippen molar-refractivity contribution in [2.75, 3.05) is 40.9 Å². The number of esters is 1. The lowest BCUT2D eigenvalue weighted by Gasteiger charge is -2.27. The fourth-order valence-corrected chi connectivity index (χ4v) is 8.06. The lowest BCUT2D eigenvalue weighted by molar-refractivity contribution is -0.870. The second-order valence-corrected chi connectivity index (χ2v) is 21.5. The maximum atomic E-state index is 13.5. The third-order valence-corrected chi connectivity index (χ3v) is 12.8. The van der Waals surface area contributed by atoms with Crippen molar-refractivity contribution in [2.45, 2.75) is 213 Å². The molecule has 0 aromatic carbocycles. The molecule has 0 aliphatic rings. The smallest absolute Gasteiger partial charge is 0.456 e. The first-order valence-electron chi connectivity index (χ1n) is 29.2. The van der Waals surface area contributed by atoms with E-state index in [4.69, 9.17) is 13.8 Å². The molecule has 9 nitrogen and oxygen atoms in total. The quantitative estimate of drug-likeness (QED) is 0.0205. The number of carbonyl (C=O) groups is 2. The molecule has 0 aliphatic heterocycles. The first-order valence-corrected chi connectivity index (χ1v) is 30.7. The van der Waals surface area contributed by atoms with Gasteiger partial charge in [0.2, 0.25) is 5.91 Å². The summed E-state index contributed by atoms with van der Waals surface area (Å²) in [4.78, 5) is 37.6. The number of unbranched alkanes of at least 4 members (excludes halogenated alkanes) is 12. The van der Waals surface area contributed by atoms with Crippen LogP contribution in [0.25, 0.3) is 0 Å². The summed E-state index contributed by atoms with van der Waals surface area (Å²) >= 11 is 0. The van der Waals surface area contributed by atoms with Gasteiger partial charge in [-0.1, -0.05) is 212 Å². The number of quaternary nitrogens is 1. The van der Waals surface area contributed by atoms with E-state index in [-0.39, 0.29) is 32.0 Å². The normalized spacial score (nSPS) is 14.8. The molecule has 0 saturated carbocycles. The topological polar surface area (TPSA) is 111 Å². The van der Waals surface area contributed by atoms with Gasteiger partial charge in [-0.25, -0.2) is 4.57 Å². The third-order valence-electron chi connectivity index (χ3n) is 11.8. The van der Waals surface area contributed by atoms with Gasteiger partial charge >= 0.3 is 13.8 Å². The van der Waals surface area contributed by atoms with Gasteiger partial charge in [-0.15, -0.1) is 0 Å². The van der Waals surface area contributed by atoms with Crippen LogP contribution in [0.4, 0.5) is 0 Å². The molecule has 0 radical (unpaired) electrons. The minimum absolute atomic E-state index is 0.0139. The fraction of sp³-hybridized carbons (Fsp3) is 0.600. The second-order valence-electron chi connectivity index (χ2n) is 20.0. The van der Waals surface area contributed by atoms with Crippen LogP contribution >= 0.6 is 7.82 Å². The van der Waals surface area contributed by atoms with Gasteiger partial charge in [-0.3, -0.25) is 18.6 Å². The molecule has 1 amide bonds. The van der Waals surface area contributed by atoms with Gasteiger partial charge in [-0.2, -0.15) is 0 Å². The van der Waals surface area contributed by atoms with Crippen LogP contribution in [0.1, 0.15) is 201 Å². The van der Waals surface area contributed by atoms with Crippen molar-refractivity contribution in [1.29, 1.82) is 0 Å². The van der Waals surface area contributed by atoms with E-state index in [2.05, 4.69) is 160 Å². The molecule has 0 spiro atoms. The number of nitrogens with zero attached hydrogens (tertiary/aromatic N) is 1. The zero-order valence-electron chi connectivity index (χ0n) is 48.2. The van der Waals surface area contributed by atoms with Crippen LogP contribution < -0.4 is 5.32 Å². The Hall–Kier alpha value is -4.11. The highest BCUT2D eigenvalue weighted by Gasteiger charge is 2.30. The molecular weight excluding hydrogens is 952 g/mol. The molecule has 10 heteroatoms. The van der Waals surface area contributed by atoms with Crippen molar-refractivity contribution < 1.29 is 37.3 Å². The van der Waals surface area contributed by atoms with Crippen LogP contribution in [-0.2, 0) is 27.9 Å². The van der Waals surface area contributed by atoms with E-state index in [0.717, 1.165) is 109 Å². The first kappa shape index (κ1) is 70.9. The Morgan fingerprint density at radius 3 is 1.31 bits per heavy atom. The molecule has 0 rings (SSSR count). The molecule has 0 heterocycles. The molecular formula is C65H108N2O7P+. The number of ether oxygens (including phenoxy) is 1. The molecule has 0 bridgehead atoms. The van der Waals surface area contributed by atoms with Crippen LogP contribution in [0.3, 0.4) is 0 Å². The predicted molar refractivity (Wildman–Crippen MR) is 322 cm³/mol. The summed E-state index contributed by atoms with van der Waals surface area (Å²) in [6.45, 7) is 6.67. The summed E-state index contributed by atoms with van der Waals surface area (Å²) in [5.74, 6) is -0.640. The Bertz CT molecular complexity index is 1790. The molecule has 3 atom stereocenters. The first-order chi connectivity index (χ1) is 36.4. The lowest BCUT2D eigenvalue weighted by atomic mass is 10.1. The summed E-state index contributed by atoms with van der Waals surface area (Å²) in [6, 6.07) is -0.905. The van der Waals surface area contributed by atoms with E-state index >= 15 is 0 Å². The van der Waals surface area contributed by atoms with Crippen molar-refractivity contribution in [3.05, 3.63) is 146 Å². The molecule has 0 aromatic heterocycles. The van der Waals surface area contributed by atoms with Crippen molar-refractivity contribution in [1.82, 2.24) is 5.32 Å². The average Bonchev–Trinajstić information content (AvgIpc) is 3.37. The molecule has 424 valence electrons. The number of phosphoric acid groups is 1. The lowest BCUT2D eigenvalue weighted by Crippen LogP contribution is -2.47. The SMILES string of the molecule is CC/C=C\C/C=C\C/C=C\C/C=C\C/C=C\C/C=C\CCCCC(=O)NC(COP(=O)(O)OCC[N+](C)(C)C)C(/C=C\CCCCCCCCCCC)OC(=O)CCC/C=C\C/C=C\C/C=C\C/C=C\C/C=C\CC. The number of nitrogens with one attached hydrogen (secondary N) is 1. The van der Waals surface area contributed by atoms with Crippen LogP contribution in [0.15, 0.2) is 146 Å². The monoisotopic (exact) mass is 1060 g/mol. The summed E-state index contributed by atoms with van der Waals surface area (Å²) in [5.41, 5.74) is 0. The fourth-order valence-electron chi connectivity index (χ4n) is 7.33. The Labute approximate surface area is 459 Å². The summed E-state index contributed by atoms with van der Waals surface area (Å²) in [6.07, 6.45) is 77.2. The van der Waals surface area contributed by atoms with Crippen LogP contribution in [0.5, 0.6) is 0 Å². The van der Waals surface area contributed by atoms with E-state index in [1.165, 1.54) is 44.9 Å². The molecule has 0 aromatic rings. The minimum Gasteiger partial charge on any atom is -0.456 e.